The van der Waals surface area contributed by atoms with E-state index in [2.05, 4.69) is 28.8 Å². The summed E-state index contributed by atoms with van der Waals surface area (Å²) in [6.45, 7) is 6.79. The lowest BCUT2D eigenvalue weighted by Crippen LogP contribution is -2.40. The van der Waals surface area contributed by atoms with Crippen molar-refractivity contribution in [3.8, 4) is 16.9 Å². The number of β-amino-alcohol motifs (C(OH)–C–C–N with tert-alkyl or cyclic N) is 1. The van der Waals surface area contributed by atoms with Crippen LogP contribution in [0.1, 0.15) is 25.8 Å². The van der Waals surface area contributed by atoms with Crippen LogP contribution in [0.5, 0.6) is 5.75 Å². The van der Waals surface area contributed by atoms with Gasteiger partial charge in [-0.1, -0.05) is 23.2 Å². The third-order valence-corrected chi connectivity index (χ3v) is 6.79. The maximum absolute atomic E-state index is 13.7. The number of nitrogen functional groups attached to an aromatic ring is 1. The average Bonchev–Trinajstić information content (AvgIpc) is 3.44. The van der Waals surface area contributed by atoms with E-state index in [0.717, 1.165) is 30.6 Å². The van der Waals surface area contributed by atoms with Gasteiger partial charge in [-0.25, -0.2) is 9.37 Å². The molecule has 1 aliphatic rings. The fourth-order valence-corrected chi connectivity index (χ4v) is 4.73. The van der Waals surface area contributed by atoms with Crippen molar-refractivity contribution in [2.45, 2.75) is 38.3 Å². The molecule has 0 amide bonds. The number of ether oxygens (including phenoxy) is 1. The van der Waals surface area contributed by atoms with Crippen molar-refractivity contribution in [2.24, 2.45) is 0 Å². The molecule has 0 aliphatic carbocycles. The molecule has 34 heavy (non-hydrogen) atoms. The number of benzene rings is 1. The molecule has 7 nitrogen and oxygen atoms in total. The van der Waals surface area contributed by atoms with Gasteiger partial charge in [0.25, 0.3) is 0 Å². The lowest BCUT2D eigenvalue weighted by atomic mass is 10.1. The van der Waals surface area contributed by atoms with E-state index in [0.29, 0.717) is 29.3 Å². The third kappa shape index (κ3) is 5.46. The van der Waals surface area contributed by atoms with Crippen LogP contribution in [-0.2, 0) is 12.0 Å². The Hall–Kier alpha value is -2.39. The van der Waals surface area contributed by atoms with Gasteiger partial charge in [-0.05, 0) is 44.0 Å². The second-order valence-corrected chi connectivity index (χ2v) is 9.98. The Labute approximate surface area is 208 Å². The zero-order chi connectivity index (χ0) is 24.5. The van der Waals surface area contributed by atoms with Crippen LogP contribution in [0.4, 0.5) is 10.2 Å². The SMILES string of the molecule is CC(C)(CN1CCC(O)C1)n1cc(-c2cnc(N)c(OCCc3c(Cl)ccc(F)c3Cl)c2)cn1. The molecule has 1 aliphatic heterocycles. The van der Waals surface area contributed by atoms with E-state index in [9.17, 15) is 9.50 Å². The molecule has 182 valence electrons. The number of nitrogens with two attached hydrogens (primary N) is 1. The molecule has 0 spiro atoms. The number of halogens is 3. The van der Waals surface area contributed by atoms with Crippen LogP contribution in [0, 0.1) is 5.82 Å². The molecule has 0 radical (unpaired) electrons. The number of hydrogen-bond acceptors (Lipinski definition) is 6. The summed E-state index contributed by atoms with van der Waals surface area (Å²) >= 11 is 12.2. The lowest BCUT2D eigenvalue weighted by Gasteiger charge is -2.30. The summed E-state index contributed by atoms with van der Waals surface area (Å²) < 4.78 is 21.5. The van der Waals surface area contributed by atoms with E-state index < -0.39 is 5.82 Å². The predicted molar refractivity (Wildman–Crippen MR) is 132 cm³/mol. The second-order valence-electron chi connectivity index (χ2n) is 9.19. The summed E-state index contributed by atoms with van der Waals surface area (Å²) in [7, 11) is 0. The van der Waals surface area contributed by atoms with E-state index in [4.69, 9.17) is 33.7 Å². The van der Waals surface area contributed by atoms with E-state index in [1.54, 1.807) is 12.4 Å². The fraction of sp³-hybridized carbons (Fsp3) is 0.417. The van der Waals surface area contributed by atoms with E-state index in [1.807, 2.05) is 16.9 Å². The molecule has 2 aromatic heterocycles. The topological polar surface area (TPSA) is 89.4 Å². The molecule has 1 aromatic carbocycles. The zero-order valence-electron chi connectivity index (χ0n) is 19.1. The van der Waals surface area contributed by atoms with Crippen molar-refractivity contribution < 1.29 is 14.2 Å². The predicted octanol–water partition coefficient (Wildman–Crippen LogP) is 4.40. The van der Waals surface area contributed by atoms with Crippen LogP contribution in [0.3, 0.4) is 0 Å². The second kappa shape index (κ2) is 10.1. The molecule has 3 heterocycles. The number of pyridine rings is 1. The molecule has 1 atom stereocenters. The first kappa shape index (κ1) is 24.7. The van der Waals surface area contributed by atoms with Gasteiger partial charge in [0.2, 0.25) is 0 Å². The van der Waals surface area contributed by atoms with Crippen molar-refractivity contribution >= 4 is 29.0 Å². The first-order valence-electron chi connectivity index (χ1n) is 11.1. The standard InChI is InChI=1S/C24H28Cl2FN5O2/c1-24(2,14-31-7-5-17(33)13-31)32-12-16(11-30-32)15-9-21(23(28)29-10-15)34-8-6-18-19(25)3-4-20(27)22(18)26/h3-4,9-12,17,33H,5-8,13-14H2,1-2H3,(H2,28,29). The minimum absolute atomic E-state index is 0.00517. The van der Waals surface area contributed by atoms with Gasteiger partial charge in [0, 0.05) is 54.6 Å². The van der Waals surface area contributed by atoms with Gasteiger partial charge < -0.3 is 15.6 Å². The lowest BCUT2D eigenvalue weighted by molar-refractivity contribution is 0.151. The summed E-state index contributed by atoms with van der Waals surface area (Å²) in [5.41, 5.74) is 7.93. The van der Waals surface area contributed by atoms with Gasteiger partial charge in [0.1, 0.15) is 5.82 Å². The number of aliphatic hydroxyl groups is 1. The maximum Gasteiger partial charge on any atom is 0.166 e. The summed E-state index contributed by atoms with van der Waals surface area (Å²) in [6, 6.07) is 4.51. The molecular weight excluding hydrogens is 480 g/mol. The van der Waals surface area contributed by atoms with Crippen LogP contribution in [0.15, 0.2) is 36.8 Å². The van der Waals surface area contributed by atoms with Gasteiger partial charge in [-0.2, -0.15) is 5.10 Å². The smallest absolute Gasteiger partial charge is 0.166 e. The summed E-state index contributed by atoms with van der Waals surface area (Å²) in [4.78, 5) is 6.51. The molecule has 1 unspecified atom stereocenters. The van der Waals surface area contributed by atoms with Gasteiger partial charge in [0.05, 0.1) is 29.5 Å². The molecular formula is C24H28Cl2FN5O2. The highest BCUT2D eigenvalue weighted by Gasteiger charge is 2.29. The molecule has 3 aromatic rings. The van der Waals surface area contributed by atoms with Gasteiger partial charge >= 0.3 is 0 Å². The number of hydrogen-bond donors (Lipinski definition) is 2. The van der Waals surface area contributed by atoms with Crippen LogP contribution in [0.25, 0.3) is 11.1 Å². The third-order valence-electron chi connectivity index (χ3n) is 6.02. The molecule has 10 heteroatoms. The highest BCUT2D eigenvalue weighted by molar-refractivity contribution is 6.36. The number of aliphatic hydroxyl groups excluding tert-OH is 1. The Morgan fingerprint density at radius 1 is 1.26 bits per heavy atom. The van der Waals surface area contributed by atoms with E-state index in [1.165, 1.54) is 12.1 Å². The summed E-state index contributed by atoms with van der Waals surface area (Å²) in [6.07, 6.45) is 6.29. The van der Waals surface area contributed by atoms with Crippen LogP contribution in [0.2, 0.25) is 10.0 Å². The molecule has 4 rings (SSSR count). The van der Waals surface area contributed by atoms with Gasteiger partial charge in [-0.3, -0.25) is 9.58 Å². The minimum Gasteiger partial charge on any atom is -0.489 e. The Morgan fingerprint density at radius 3 is 2.79 bits per heavy atom. The molecule has 3 N–H and O–H groups in total. The van der Waals surface area contributed by atoms with Crippen molar-refractivity contribution in [1.29, 1.82) is 0 Å². The molecule has 1 saturated heterocycles. The number of nitrogens with zero attached hydrogens (tertiary/aromatic N) is 4. The molecule has 0 bridgehead atoms. The Kier molecular flexibility index (Phi) is 7.33. The summed E-state index contributed by atoms with van der Waals surface area (Å²) in [5.74, 6) is 0.143. The normalized spacial score (nSPS) is 16.8. The Balaban J connectivity index is 1.45. The average molecular weight is 508 g/mol. The number of aromatic nitrogens is 3. The summed E-state index contributed by atoms with van der Waals surface area (Å²) in [5, 5.41) is 14.8. The van der Waals surface area contributed by atoms with Crippen molar-refractivity contribution in [3.05, 3.63) is 58.2 Å². The van der Waals surface area contributed by atoms with E-state index in [-0.39, 0.29) is 29.1 Å². The molecule has 1 fully saturated rings. The van der Waals surface area contributed by atoms with Crippen molar-refractivity contribution in [2.75, 3.05) is 32.0 Å². The maximum atomic E-state index is 13.7. The highest BCUT2D eigenvalue weighted by atomic mass is 35.5. The fourth-order valence-electron chi connectivity index (χ4n) is 4.17. The van der Waals surface area contributed by atoms with Crippen molar-refractivity contribution in [3.63, 3.8) is 0 Å². The number of likely N-dealkylation sites (tertiary alicyclic amines) is 1. The first-order chi connectivity index (χ1) is 16.1. The van der Waals surface area contributed by atoms with Crippen LogP contribution >= 0.6 is 23.2 Å². The highest BCUT2D eigenvalue weighted by Crippen LogP contribution is 2.30. The Bertz CT molecular complexity index is 1170. The minimum atomic E-state index is -0.523. The van der Waals surface area contributed by atoms with Gasteiger partial charge in [-0.15, -0.1) is 0 Å². The van der Waals surface area contributed by atoms with Gasteiger partial charge in [0.15, 0.2) is 11.6 Å². The molecule has 0 saturated carbocycles. The van der Waals surface area contributed by atoms with E-state index >= 15 is 0 Å². The van der Waals surface area contributed by atoms with Crippen LogP contribution < -0.4 is 10.5 Å². The Morgan fingerprint density at radius 2 is 2.06 bits per heavy atom. The monoisotopic (exact) mass is 507 g/mol. The number of anilines is 1. The quantitative estimate of drug-likeness (QED) is 0.439. The zero-order valence-corrected chi connectivity index (χ0v) is 20.7. The number of rotatable bonds is 8. The van der Waals surface area contributed by atoms with Crippen LogP contribution in [-0.4, -0.2) is 57.1 Å². The van der Waals surface area contributed by atoms with Crippen molar-refractivity contribution in [1.82, 2.24) is 19.7 Å². The largest absolute Gasteiger partial charge is 0.489 e. The first-order valence-corrected chi connectivity index (χ1v) is 11.9.